The number of aromatic nitrogens is 4. The number of carbonyl (C=O) groups is 1. The van der Waals surface area contributed by atoms with Gasteiger partial charge in [0.05, 0.1) is 12.9 Å². The summed E-state index contributed by atoms with van der Waals surface area (Å²) in [5.41, 5.74) is -0.167. The second-order valence-corrected chi connectivity index (χ2v) is 6.80. The Morgan fingerprint density at radius 3 is 2.73 bits per heavy atom. The summed E-state index contributed by atoms with van der Waals surface area (Å²) in [6.45, 7) is 3.24. The molecule has 1 fully saturated rings. The van der Waals surface area contributed by atoms with Gasteiger partial charge in [0.2, 0.25) is 5.91 Å². The van der Waals surface area contributed by atoms with Gasteiger partial charge in [-0.15, -0.1) is 0 Å². The van der Waals surface area contributed by atoms with Crippen molar-refractivity contribution in [3.05, 3.63) is 41.0 Å². The Bertz CT molecular complexity index is 791. The topological polar surface area (TPSA) is 95.9 Å². The quantitative estimate of drug-likeness (QED) is 0.816. The average Bonchev–Trinajstić information content (AvgIpc) is 3.04. The maximum atomic E-state index is 12.9. The number of aromatic amines is 1. The monoisotopic (exact) mass is 358 g/mol. The number of hydrogen-bond donors (Lipinski definition) is 2. The molecule has 0 bridgehead atoms. The molecule has 0 aromatic carbocycles. The van der Waals surface area contributed by atoms with Crippen molar-refractivity contribution in [1.82, 2.24) is 24.4 Å². The van der Waals surface area contributed by atoms with Crippen molar-refractivity contribution in [3.63, 3.8) is 0 Å². The molecule has 3 rings (SSSR count). The van der Waals surface area contributed by atoms with Gasteiger partial charge < -0.3 is 19.8 Å². The van der Waals surface area contributed by atoms with Crippen molar-refractivity contribution in [2.24, 2.45) is 13.0 Å². The average molecular weight is 358 g/mol. The molecule has 2 aromatic rings. The lowest BCUT2D eigenvalue weighted by Gasteiger charge is -2.32. The van der Waals surface area contributed by atoms with E-state index in [9.17, 15) is 9.59 Å². The second kappa shape index (κ2) is 8.16. The number of hydrogen-bond acceptors (Lipinski definition) is 5. The molecule has 0 saturated heterocycles. The Kier molecular flexibility index (Phi) is 5.70. The fraction of sp³-hybridized carbons (Fsp3) is 0.556. The molecule has 8 heteroatoms. The van der Waals surface area contributed by atoms with Gasteiger partial charge in [-0.2, -0.15) is 0 Å². The zero-order chi connectivity index (χ0) is 18.5. The highest BCUT2D eigenvalue weighted by molar-refractivity contribution is 5.78. The highest BCUT2D eigenvalue weighted by Gasteiger charge is 2.29. The van der Waals surface area contributed by atoms with E-state index >= 15 is 0 Å². The molecule has 0 aliphatic heterocycles. The van der Waals surface area contributed by atoms with Crippen LogP contribution >= 0.6 is 0 Å². The molecule has 2 heterocycles. The molecule has 1 aliphatic carbocycles. The number of carbonyl (C=O) groups excluding carboxylic acids is 1. The highest BCUT2D eigenvalue weighted by Crippen LogP contribution is 2.28. The number of rotatable bonds is 6. The Morgan fingerprint density at radius 1 is 1.35 bits per heavy atom. The first-order valence-electron chi connectivity index (χ1n) is 9.13. The summed E-state index contributed by atoms with van der Waals surface area (Å²) in [4.78, 5) is 37.1. The van der Waals surface area contributed by atoms with Crippen LogP contribution in [0.15, 0.2) is 29.6 Å². The predicted molar refractivity (Wildman–Crippen MR) is 98.5 cm³/mol. The summed E-state index contributed by atoms with van der Waals surface area (Å²) >= 11 is 0. The maximum absolute atomic E-state index is 12.9. The van der Waals surface area contributed by atoms with Crippen LogP contribution in [0.4, 0.5) is 5.82 Å². The third kappa shape index (κ3) is 4.30. The van der Waals surface area contributed by atoms with Gasteiger partial charge in [0.25, 0.3) is 5.56 Å². The Balaban J connectivity index is 1.53. The number of imidazole rings is 1. The normalized spacial score (nSPS) is 19.9. The molecular weight excluding hydrogens is 332 g/mol. The van der Waals surface area contributed by atoms with E-state index in [-0.39, 0.29) is 23.4 Å². The van der Waals surface area contributed by atoms with E-state index in [4.69, 9.17) is 0 Å². The van der Waals surface area contributed by atoms with Crippen LogP contribution in [0.2, 0.25) is 0 Å². The molecule has 2 N–H and O–H groups in total. The van der Waals surface area contributed by atoms with Crippen LogP contribution in [0.3, 0.4) is 0 Å². The lowest BCUT2D eigenvalue weighted by molar-refractivity contribution is -0.137. The largest absolute Gasteiger partial charge is 0.367 e. The predicted octanol–water partition coefficient (Wildman–Crippen LogP) is 1.52. The minimum Gasteiger partial charge on any atom is -0.367 e. The maximum Gasteiger partial charge on any atom is 0.252 e. The van der Waals surface area contributed by atoms with Gasteiger partial charge in [0.15, 0.2) is 0 Å². The molecule has 0 atom stereocenters. The molecule has 1 amide bonds. The van der Waals surface area contributed by atoms with Crippen molar-refractivity contribution >= 4 is 11.7 Å². The van der Waals surface area contributed by atoms with E-state index in [1.54, 1.807) is 6.20 Å². The number of amides is 1. The van der Waals surface area contributed by atoms with Gasteiger partial charge in [-0.3, -0.25) is 9.59 Å². The van der Waals surface area contributed by atoms with Crippen molar-refractivity contribution in [3.8, 4) is 0 Å². The highest BCUT2D eigenvalue weighted by atomic mass is 16.2. The summed E-state index contributed by atoms with van der Waals surface area (Å²) in [6, 6.07) is 1.71. The lowest BCUT2D eigenvalue weighted by Crippen LogP contribution is -2.39. The SMILES string of the molecule is CCN(Cc1nccn1C)C(=O)C1CCC(Nc2cc(=O)[nH]cn2)CC1. The number of H-pyrrole nitrogens is 1. The number of aryl methyl sites for hydroxylation is 1. The van der Waals surface area contributed by atoms with Crippen LogP contribution in [0, 0.1) is 5.92 Å². The molecular formula is C18H26N6O2. The fourth-order valence-corrected chi connectivity index (χ4v) is 3.46. The van der Waals surface area contributed by atoms with E-state index in [1.165, 1.54) is 12.4 Å². The van der Waals surface area contributed by atoms with Gasteiger partial charge in [-0.25, -0.2) is 9.97 Å². The summed E-state index contributed by atoms with van der Waals surface area (Å²) in [5.74, 6) is 1.76. The van der Waals surface area contributed by atoms with Gasteiger partial charge in [0, 0.05) is 44.0 Å². The van der Waals surface area contributed by atoms with Crippen LogP contribution in [-0.4, -0.2) is 42.9 Å². The first kappa shape index (κ1) is 18.2. The van der Waals surface area contributed by atoms with Gasteiger partial charge in [0.1, 0.15) is 11.6 Å². The Labute approximate surface area is 152 Å². The van der Waals surface area contributed by atoms with Crippen LogP contribution < -0.4 is 10.9 Å². The Morgan fingerprint density at radius 2 is 2.12 bits per heavy atom. The van der Waals surface area contributed by atoms with Crippen molar-refractivity contribution in [2.75, 3.05) is 11.9 Å². The van der Waals surface area contributed by atoms with E-state index in [0.717, 1.165) is 31.5 Å². The molecule has 140 valence electrons. The zero-order valence-corrected chi connectivity index (χ0v) is 15.3. The molecule has 0 radical (unpaired) electrons. The smallest absolute Gasteiger partial charge is 0.252 e. The van der Waals surface area contributed by atoms with E-state index in [0.29, 0.717) is 18.9 Å². The Hall–Kier alpha value is -2.64. The van der Waals surface area contributed by atoms with Gasteiger partial charge in [-0.05, 0) is 32.6 Å². The first-order chi connectivity index (χ1) is 12.6. The minimum atomic E-state index is -0.167. The molecule has 0 unspecified atom stereocenters. The first-order valence-corrected chi connectivity index (χ1v) is 9.13. The van der Waals surface area contributed by atoms with Crippen LogP contribution in [-0.2, 0) is 18.4 Å². The van der Waals surface area contributed by atoms with Crippen molar-refractivity contribution in [2.45, 2.75) is 45.2 Å². The number of anilines is 1. The molecule has 0 spiro atoms. The zero-order valence-electron chi connectivity index (χ0n) is 15.3. The molecule has 2 aromatic heterocycles. The van der Waals surface area contributed by atoms with E-state index < -0.39 is 0 Å². The number of nitrogens with one attached hydrogen (secondary N) is 2. The molecule has 26 heavy (non-hydrogen) atoms. The van der Waals surface area contributed by atoms with E-state index in [2.05, 4.69) is 20.3 Å². The fourth-order valence-electron chi connectivity index (χ4n) is 3.46. The third-order valence-electron chi connectivity index (χ3n) is 5.05. The van der Waals surface area contributed by atoms with Gasteiger partial charge in [-0.1, -0.05) is 0 Å². The van der Waals surface area contributed by atoms with Crippen LogP contribution in [0.25, 0.3) is 0 Å². The molecule has 1 saturated carbocycles. The van der Waals surface area contributed by atoms with Crippen molar-refractivity contribution in [1.29, 1.82) is 0 Å². The summed E-state index contributed by atoms with van der Waals surface area (Å²) in [6.07, 6.45) is 8.53. The lowest BCUT2D eigenvalue weighted by atomic mass is 9.85. The number of nitrogens with zero attached hydrogens (tertiary/aromatic N) is 4. The summed E-state index contributed by atoms with van der Waals surface area (Å²) in [7, 11) is 1.94. The van der Waals surface area contributed by atoms with Gasteiger partial charge >= 0.3 is 0 Å². The molecule has 1 aliphatic rings. The summed E-state index contributed by atoms with van der Waals surface area (Å²) in [5, 5.41) is 3.30. The second-order valence-electron chi connectivity index (χ2n) is 6.80. The van der Waals surface area contributed by atoms with E-state index in [1.807, 2.05) is 29.6 Å². The van der Waals surface area contributed by atoms with Crippen LogP contribution in [0.1, 0.15) is 38.4 Å². The molecule has 8 nitrogen and oxygen atoms in total. The third-order valence-corrected chi connectivity index (χ3v) is 5.05. The standard InChI is InChI=1S/C18H26N6O2/c1-3-24(11-16-19-8-9-23(16)2)18(26)13-4-6-14(7-5-13)22-15-10-17(25)21-12-20-15/h8-10,12-14H,3-7,11H2,1-2H3,(H2,20,21,22,25). The van der Waals surface area contributed by atoms with Crippen molar-refractivity contribution < 1.29 is 4.79 Å². The summed E-state index contributed by atoms with van der Waals surface area (Å²) < 4.78 is 1.95. The van der Waals surface area contributed by atoms with Crippen LogP contribution in [0.5, 0.6) is 0 Å². The minimum absolute atomic E-state index is 0.0559.